The van der Waals surface area contributed by atoms with E-state index in [1.54, 1.807) is 12.1 Å². The number of halogens is 1. The molecule has 0 amide bonds. The first-order chi connectivity index (χ1) is 10.3. The van der Waals surface area contributed by atoms with E-state index in [0.29, 0.717) is 10.9 Å². The minimum atomic E-state index is 0.585. The third kappa shape index (κ3) is 3.15. The first kappa shape index (κ1) is 13.9. The van der Waals surface area contributed by atoms with E-state index in [4.69, 9.17) is 16.3 Å². The number of hydrogen-bond acceptors (Lipinski definition) is 3. The second-order valence-electron chi connectivity index (χ2n) is 4.72. The molecule has 3 nitrogen and oxygen atoms in total. The number of ether oxygens (including phenoxy) is 1. The molecular weight excluding hydrogens is 284 g/mol. The van der Waals surface area contributed by atoms with E-state index in [1.165, 1.54) is 0 Å². The van der Waals surface area contributed by atoms with E-state index < -0.39 is 0 Å². The van der Waals surface area contributed by atoms with Gasteiger partial charge in [-0.2, -0.15) is 0 Å². The molecule has 0 radical (unpaired) electrons. The van der Waals surface area contributed by atoms with Crippen molar-refractivity contribution in [1.29, 1.82) is 0 Å². The molecule has 0 spiro atoms. The average molecular weight is 299 g/mol. The summed E-state index contributed by atoms with van der Waals surface area (Å²) in [5.74, 6) is 1.30. The Morgan fingerprint density at radius 3 is 2.62 bits per heavy atom. The van der Waals surface area contributed by atoms with Crippen molar-refractivity contribution in [2.24, 2.45) is 0 Å². The van der Waals surface area contributed by atoms with Crippen LogP contribution in [0.1, 0.15) is 5.56 Å². The van der Waals surface area contributed by atoms with Gasteiger partial charge < -0.3 is 10.1 Å². The van der Waals surface area contributed by atoms with Crippen LogP contribution in [0.25, 0.3) is 10.9 Å². The maximum atomic E-state index is 5.88. The van der Waals surface area contributed by atoms with Crippen molar-refractivity contribution in [1.82, 2.24) is 10.3 Å². The summed E-state index contributed by atoms with van der Waals surface area (Å²) in [7, 11) is 1.93. The van der Waals surface area contributed by atoms with Crippen LogP contribution < -0.4 is 10.1 Å². The van der Waals surface area contributed by atoms with E-state index in [1.807, 2.05) is 43.4 Å². The van der Waals surface area contributed by atoms with E-state index >= 15 is 0 Å². The smallest absolute Gasteiger partial charge is 0.220 e. The molecule has 21 heavy (non-hydrogen) atoms. The minimum Gasteiger partial charge on any atom is -0.439 e. The van der Waals surface area contributed by atoms with Gasteiger partial charge in [0.1, 0.15) is 5.75 Å². The van der Waals surface area contributed by atoms with Gasteiger partial charge in [0.15, 0.2) is 0 Å². The SMILES string of the molecule is CNCc1cc(Oc2ccc(Cl)cc2)nc2ccccc12. The van der Waals surface area contributed by atoms with Crippen molar-refractivity contribution in [2.75, 3.05) is 7.05 Å². The fourth-order valence-corrected chi connectivity index (χ4v) is 2.36. The number of para-hydroxylation sites is 1. The van der Waals surface area contributed by atoms with Crippen molar-refractivity contribution in [3.05, 3.63) is 65.2 Å². The number of benzene rings is 2. The summed E-state index contributed by atoms with van der Waals surface area (Å²) in [5, 5.41) is 4.99. The third-order valence-electron chi connectivity index (χ3n) is 3.18. The molecular formula is C17H15ClN2O. The van der Waals surface area contributed by atoms with Gasteiger partial charge in [-0.3, -0.25) is 0 Å². The van der Waals surface area contributed by atoms with Crippen LogP contribution in [0.4, 0.5) is 0 Å². The van der Waals surface area contributed by atoms with Crippen LogP contribution in [0.5, 0.6) is 11.6 Å². The van der Waals surface area contributed by atoms with Gasteiger partial charge in [0.25, 0.3) is 0 Å². The zero-order chi connectivity index (χ0) is 14.7. The summed E-state index contributed by atoms with van der Waals surface area (Å²) in [4.78, 5) is 4.55. The van der Waals surface area contributed by atoms with Gasteiger partial charge in [0.05, 0.1) is 5.52 Å². The summed E-state index contributed by atoms with van der Waals surface area (Å²) < 4.78 is 5.83. The molecule has 1 aromatic heterocycles. The number of nitrogens with zero attached hydrogens (tertiary/aromatic N) is 1. The highest BCUT2D eigenvalue weighted by atomic mass is 35.5. The number of aromatic nitrogens is 1. The van der Waals surface area contributed by atoms with E-state index in [-0.39, 0.29) is 0 Å². The lowest BCUT2D eigenvalue weighted by molar-refractivity contribution is 0.464. The normalized spacial score (nSPS) is 10.8. The van der Waals surface area contributed by atoms with E-state index in [9.17, 15) is 0 Å². The average Bonchev–Trinajstić information content (AvgIpc) is 2.50. The number of hydrogen-bond donors (Lipinski definition) is 1. The second-order valence-corrected chi connectivity index (χ2v) is 5.16. The lowest BCUT2D eigenvalue weighted by atomic mass is 10.1. The summed E-state index contributed by atoms with van der Waals surface area (Å²) >= 11 is 5.88. The molecule has 0 fully saturated rings. The molecule has 3 aromatic rings. The number of rotatable bonds is 4. The molecule has 0 aliphatic rings. The van der Waals surface area contributed by atoms with Crippen LogP contribution in [0.3, 0.4) is 0 Å². The number of fused-ring (bicyclic) bond motifs is 1. The zero-order valence-corrected chi connectivity index (χ0v) is 12.4. The van der Waals surface area contributed by atoms with Crippen LogP contribution in [0.2, 0.25) is 5.02 Å². The predicted molar refractivity (Wildman–Crippen MR) is 86.0 cm³/mol. The molecule has 0 bridgehead atoms. The van der Waals surface area contributed by atoms with Crippen molar-refractivity contribution in [2.45, 2.75) is 6.54 Å². The van der Waals surface area contributed by atoms with Gasteiger partial charge in [-0.25, -0.2) is 4.98 Å². The fraction of sp³-hybridized carbons (Fsp3) is 0.118. The topological polar surface area (TPSA) is 34.1 Å². The standard InChI is InChI=1S/C17H15ClN2O/c1-19-11-12-10-17(20-16-5-3-2-4-15(12)16)21-14-8-6-13(18)7-9-14/h2-10,19H,11H2,1H3. The molecule has 1 heterocycles. The van der Waals surface area contributed by atoms with E-state index in [0.717, 1.165) is 28.8 Å². The Labute approximate surface area is 128 Å². The van der Waals surface area contributed by atoms with E-state index in [2.05, 4.69) is 16.4 Å². The quantitative estimate of drug-likeness (QED) is 0.775. The largest absolute Gasteiger partial charge is 0.439 e. The molecule has 0 saturated heterocycles. The van der Waals surface area contributed by atoms with Crippen LogP contribution in [0.15, 0.2) is 54.6 Å². The van der Waals surface area contributed by atoms with Crippen molar-refractivity contribution >= 4 is 22.5 Å². The maximum absolute atomic E-state index is 5.88. The van der Waals surface area contributed by atoms with Crippen LogP contribution in [0, 0.1) is 0 Å². The predicted octanol–water partition coefficient (Wildman–Crippen LogP) is 4.40. The summed E-state index contributed by atoms with van der Waals surface area (Å²) in [5.41, 5.74) is 2.08. The molecule has 3 rings (SSSR count). The van der Waals surface area contributed by atoms with Crippen LogP contribution in [-0.2, 0) is 6.54 Å². The molecule has 0 saturated carbocycles. The number of pyridine rings is 1. The summed E-state index contributed by atoms with van der Waals surface area (Å²) in [6, 6.07) is 17.3. The Balaban J connectivity index is 2.00. The highest BCUT2D eigenvalue weighted by molar-refractivity contribution is 6.30. The lowest BCUT2D eigenvalue weighted by Gasteiger charge is -2.10. The Bertz CT molecular complexity index is 756. The molecule has 0 atom stereocenters. The summed E-state index contributed by atoms with van der Waals surface area (Å²) in [6.45, 7) is 0.764. The highest BCUT2D eigenvalue weighted by Gasteiger charge is 2.07. The van der Waals surface area contributed by atoms with Crippen molar-refractivity contribution < 1.29 is 4.74 Å². The van der Waals surface area contributed by atoms with Gasteiger partial charge in [0.2, 0.25) is 5.88 Å². The first-order valence-electron chi connectivity index (χ1n) is 6.73. The molecule has 4 heteroatoms. The molecule has 0 aliphatic heterocycles. The maximum Gasteiger partial charge on any atom is 0.220 e. The first-order valence-corrected chi connectivity index (χ1v) is 7.11. The fourth-order valence-electron chi connectivity index (χ4n) is 2.23. The third-order valence-corrected chi connectivity index (χ3v) is 3.43. The second kappa shape index (κ2) is 6.12. The van der Waals surface area contributed by atoms with Crippen LogP contribution in [-0.4, -0.2) is 12.0 Å². The van der Waals surface area contributed by atoms with Gasteiger partial charge in [-0.1, -0.05) is 29.8 Å². The number of nitrogens with one attached hydrogen (secondary N) is 1. The van der Waals surface area contributed by atoms with Gasteiger partial charge in [0, 0.05) is 23.0 Å². The van der Waals surface area contributed by atoms with Crippen molar-refractivity contribution in [3.8, 4) is 11.6 Å². The molecule has 0 aliphatic carbocycles. The van der Waals surface area contributed by atoms with Gasteiger partial charge in [-0.05, 0) is 42.9 Å². The van der Waals surface area contributed by atoms with Gasteiger partial charge in [-0.15, -0.1) is 0 Å². The molecule has 1 N–H and O–H groups in total. The molecule has 2 aromatic carbocycles. The van der Waals surface area contributed by atoms with Gasteiger partial charge >= 0.3 is 0 Å². The minimum absolute atomic E-state index is 0.585. The zero-order valence-electron chi connectivity index (χ0n) is 11.6. The molecule has 0 unspecified atom stereocenters. The Hall–Kier alpha value is -2.10. The summed E-state index contributed by atoms with van der Waals surface area (Å²) in [6.07, 6.45) is 0. The Morgan fingerprint density at radius 1 is 1.10 bits per heavy atom. The van der Waals surface area contributed by atoms with Crippen LogP contribution >= 0.6 is 11.6 Å². The Morgan fingerprint density at radius 2 is 1.86 bits per heavy atom. The lowest BCUT2D eigenvalue weighted by Crippen LogP contribution is -2.06. The highest BCUT2D eigenvalue weighted by Crippen LogP contribution is 2.26. The Kier molecular flexibility index (Phi) is 4.04. The monoisotopic (exact) mass is 298 g/mol. The molecule has 106 valence electrons. The van der Waals surface area contributed by atoms with Crippen molar-refractivity contribution in [3.63, 3.8) is 0 Å².